The van der Waals surface area contributed by atoms with Gasteiger partial charge in [-0.3, -0.25) is 9.78 Å². The van der Waals surface area contributed by atoms with E-state index in [2.05, 4.69) is 15.6 Å². The summed E-state index contributed by atoms with van der Waals surface area (Å²) in [5.74, 6) is 0.526. The molecule has 0 fully saturated rings. The molecule has 3 aromatic rings. The third kappa shape index (κ3) is 4.73. The Balaban J connectivity index is 1.80. The van der Waals surface area contributed by atoms with E-state index in [1.165, 1.54) is 39.7 Å². The van der Waals surface area contributed by atoms with Gasteiger partial charge in [-0.2, -0.15) is 0 Å². The van der Waals surface area contributed by atoms with Crippen molar-refractivity contribution in [3.63, 3.8) is 0 Å². The van der Waals surface area contributed by atoms with Gasteiger partial charge in [0.2, 0.25) is 5.75 Å². The highest BCUT2D eigenvalue weighted by molar-refractivity contribution is 6.03. The Hall–Kier alpha value is -3.81. The number of hydrogen-bond acceptors (Lipinski definition) is 6. The number of rotatable bonds is 7. The van der Waals surface area contributed by atoms with E-state index in [4.69, 9.17) is 14.2 Å². The number of nitrogens with zero attached hydrogens (tertiary/aromatic N) is 1. The zero-order chi connectivity index (χ0) is 20.8. The molecule has 0 aliphatic rings. The van der Waals surface area contributed by atoms with Crippen molar-refractivity contribution >= 4 is 23.0 Å². The number of nitrogens with one attached hydrogen (secondary N) is 2. The van der Waals surface area contributed by atoms with Gasteiger partial charge in [0.15, 0.2) is 11.5 Å². The van der Waals surface area contributed by atoms with E-state index in [1.54, 1.807) is 36.4 Å². The highest BCUT2D eigenvalue weighted by atomic mass is 19.1. The molecule has 0 spiro atoms. The molecular weight excluding hydrogens is 377 g/mol. The minimum absolute atomic E-state index is 0.200. The minimum atomic E-state index is -0.415. The quantitative estimate of drug-likeness (QED) is 0.621. The normalized spacial score (nSPS) is 10.2. The van der Waals surface area contributed by atoms with E-state index in [-0.39, 0.29) is 11.5 Å². The lowest BCUT2D eigenvalue weighted by Crippen LogP contribution is -2.14. The summed E-state index contributed by atoms with van der Waals surface area (Å²) in [6, 6.07) is 12.5. The Morgan fingerprint density at radius 3 is 2.10 bits per heavy atom. The van der Waals surface area contributed by atoms with Crippen LogP contribution in [0.5, 0.6) is 17.2 Å². The molecule has 1 aromatic heterocycles. The van der Waals surface area contributed by atoms with Crippen molar-refractivity contribution in [2.75, 3.05) is 32.0 Å². The second-order valence-corrected chi connectivity index (χ2v) is 5.93. The molecule has 0 bridgehead atoms. The first-order chi connectivity index (χ1) is 14.0. The molecule has 1 amide bonds. The van der Waals surface area contributed by atoms with Gasteiger partial charge in [-0.05, 0) is 36.4 Å². The first-order valence-electron chi connectivity index (χ1n) is 8.64. The van der Waals surface area contributed by atoms with Crippen molar-refractivity contribution < 1.29 is 23.4 Å². The molecule has 0 saturated carbocycles. The van der Waals surface area contributed by atoms with Gasteiger partial charge in [-0.1, -0.05) is 0 Å². The van der Waals surface area contributed by atoms with Gasteiger partial charge in [0.25, 0.3) is 5.91 Å². The monoisotopic (exact) mass is 397 g/mol. The van der Waals surface area contributed by atoms with Crippen LogP contribution in [0.25, 0.3) is 0 Å². The summed E-state index contributed by atoms with van der Waals surface area (Å²) >= 11 is 0. The molecule has 1 heterocycles. The summed E-state index contributed by atoms with van der Waals surface area (Å²) < 4.78 is 28.9. The van der Waals surface area contributed by atoms with Gasteiger partial charge in [0.1, 0.15) is 11.5 Å². The minimum Gasteiger partial charge on any atom is -0.493 e. The van der Waals surface area contributed by atoms with E-state index < -0.39 is 5.91 Å². The number of pyridine rings is 1. The predicted molar refractivity (Wildman–Crippen MR) is 108 cm³/mol. The second kappa shape index (κ2) is 8.92. The van der Waals surface area contributed by atoms with Crippen molar-refractivity contribution in [3.05, 3.63) is 66.2 Å². The van der Waals surface area contributed by atoms with Crippen LogP contribution < -0.4 is 24.8 Å². The summed E-state index contributed by atoms with van der Waals surface area (Å²) in [5.41, 5.74) is 1.99. The van der Waals surface area contributed by atoms with E-state index in [0.717, 1.165) is 0 Å². The number of methoxy groups -OCH3 is 3. The number of halogens is 1. The zero-order valence-electron chi connectivity index (χ0n) is 16.2. The van der Waals surface area contributed by atoms with Gasteiger partial charge in [0, 0.05) is 35.4 Å². The molecule has 0 radical (unpaired) electrons. The van der Waals surface area contributed by atoms with Crippen LogP contribution >= 0.6 is 0 Å². The van der Waals surface area contributed by atoms with Crippen LogP contribution in [0.2, 0.25) is 0 Å². The first-order valence-corrected chi connectivity index (χ1v) is 8.64. The maximum atomic E-state index is 13.0. The van der Waals surface area contributed by atoms with E-state index >= 15 is 0 Å². The molecule has 0 unspecified atom stereocenters. The lowest BCUT2D eigenvalue weighted by atomic mass is 10.2. The molecule has 3 rings (SSSR count). The van der Waals surface area contributed by atoms with Gasteiger partial charge >= 0.3 is 0 Å². The summed E-state index contributed by atoms with van der Waals surface area (Å²) in [7, 11) is 4.49. The van der Waals surface area contributed by atoms with Crippen LogP contribution in [0.3, 0.4) is 0 Å². The Kier molecular flexibility index (Phi) is 6.13. The summed E-state index contributed by atoms with van der Waals surface area (Å²) in [5, 5.41) is 5.86. The Morgan fingerprint density at radius 1 is 0.862 bits per heavy atom. The Bertz CT molecular complexity index is 984. The first kappa shape index (κ1) is 19.9. The standard InChI is InChI=1S/C21H20FN3O4/c1-27-18-11-16(12-19(28-2)20(18)29-3)25-21(26)17-10-15(8-9-23-17)24-14-6-4-13(22)5-7-14/h4-12H,1-3H3,(H,23,24)(H,25,26). The SMILES string of the molecule is COc1cc(NC(=O)c2cc(Nc3ccc(F)cc3)ccn2)cc(OC)c1OC. The smallest absolute Gasteiger partial charge is 0.274 e. The molecule has 2 N–H and O–H groups in total. The van der Waals surface area contributed by atoms with Crippen molar-refractivity contribution in [1.82, 2.24) is 4.98 Å². The predicted octanol–water partition coefficient (Wildman–Crippen LogP) is 4.24. The van der Waals surface area contributed by atoms with Crippen molar-refractivity contribution in [3.8, 4) is 17.2 Å². The number of carbonyl (C=O) groups is 1. The summed E-state index contributed by atoms with van der Waals surface area (Å²) in [4.78, 5) is 16.8. The lowest BCUT2D eigenvalue weighted by molar-refractivity contribution is 0.102. The number of ether oxygens (including phenoxy) is 3. The third-order valence-corrected chi connectivity index (χ3v) is 4.05. The van der Waals surface area contributed by atoms with Crippen molar-refractivity contribution in [2.45, 2.75) is 0 Å². The Morgan fingerprint density at radius 2 is 1.52 bits per heavy atom. The molecule has 8 heteroatoms. The number of aromatic nitrogens is 1. The third-order valence-electron chi connectivity index (χ3n) is 4.05. The molecule has 2 aromatic carbocycles. The molecule has 29 heavy (non-hydrogen) atoms. The van der Waals surface area contributed by atoms with E-state index in [1.807, 2.05) is 0 Å². The Labute approximate surface area is 167 Å². The topological polar surface area (TPSA) is 81.7 Å². The van der Waals surface area contributed by atoms with Crippen LogP contribution in [0.15, 0.2) is 54.7 Å². The van der Waals surface area contributed by atoms with E-state index in [9.17, 15) is 9.18 Å². The van der Waals surface area contributed by atoms with Crippen LogP contribution in [0, 0.1) is 5.82 Å². The summed E-state index contributed by atoms with van der Waals surface area (Å²) in [6.07, 6.45) is 1.51. The van der Waals surface area contributed by atoms with Gasteiger partial charge in [-0.15, -0.1) is 0 Å². The largest absolute Gasteiger partial charge is 0.493 e. The fourth-order valence-electron chi connectivity index (χ4n) is 2.68. The van der Waals surface area contributed by atoms with Crippen LogP contribution in [-0.2, 0) is 0 Å². The molecule has 150 valence electrons. The highest BCUT2D eigenvalue weighted by Gasteiger charge is 2.16. The van der Waals surface area contributed by atoms with Crippen LogP contribution in [0.4, 0.5) is 21.5 Å². The maximum absolute atomic E-state index is 13.0. The van der Waals surface area contributed by atoms with Gasteiger partial charge in [0.05, 0.1) is 21.3 Å². The van der Waals surface area contributed by atoms with Gasteiger partial charge in [-0.25, -0.2) is 4.39 Å². The molecule has 0 atom stereocenters. The van der Waals surface area contributed by atoms with E-state index in [0.29, 0.717) is 34.3 Å². The maximum Gasteiger partial charge on any atom is 0.274 e. The summed E-state index contributed by atoms with van der Waals surface area (Å²) in [6.45, 7) is 0. The molecule has 0 aliphatic heterocycles. The van der Waals surface area contributed by atoms with Crippen molar-refractivity contribution in [2.24, 2.45) is 0 Å². The number of anilines is 3. The second-order valence-electron chi connectivity index (χ2n) is 5.93. The van der Waals surface area contributed by atoms with Crippen LogP contribution in [-0.4, -0.2) is 32.2 Å². The molecular formula is C21H20FN3O4. The van der Waals surface area contributed by atoms with Crippen LogP contribution in [0.1, 0.15) is 10.5 Å². The molecule has 0 saturated heterocycles. The number of carbonyl (C=O) groups excluding carboxylic acids is 1. The van der Waals surface area contributed by atoms with Gasteiger partial charge < -0.3 is 24.8 Å². The number of benzene rings is 2. The lowest BCUT2D eigenvalue weighted by Gasteiger charge is -2.14. The highest BCUT2D eigenvalue weighted by Crippen LogP contribution is 2.40. The average Bonchev–Trinajstić information content (AvgIpc) is 2.74. The zero-order valence-corrected chi connectivity index (χ0v) is 16.2. The fourth-order valence-corrected chi connectivity index (χ4v) is 2.68. The fraction of sp³-hybridized carbons (Fsp3) is 0.143. The number of hydrogen-bond donors (Lipinski definition) is 2. The molecule has 0 aliphatic carbocycles. The van der Waals surface area contributed by atoms with Crippen molar-refractivity contribution in [1.29, 1.82) is 0 Å². The molecule has 7 nitrogen and oxygen atoms in total. The average molecular weight is 397 g/mol. The number of amides is 1.